The zero-order chi connectivity index (χ0) is 19.4. The number of nitrogens with two attached hydrogens (primary N) is 1. The smallest absolute Gasteiger partial charge is 0.243 e. The van der Waals surface area contributed by atoms with E-state index in [4.69, 9.17) is 5.73 Å². The van der Waals surface area contributed by atoms with E-state index in [0.717, 1.165) is 37.1 Å². The van der Waals surface area contributed by atoms with Gasteiger partial charge < -0.3 is 11.1 Å². The first-order chi connectivity index (χ1) is 12.8. The van der Waals surface area contributed by atoms with Crippen molar-refractivity contribution >= 4 is 45.6 Å². The van der Waals surface area contributed by atoms with Gasteiger partial charge in [0.05, 0.1) is 6.54 Å². The van der Waals surface area contributed by atoms with Crippen molar-refractivity contribution in [1.82, 2.24) is 4.72 Å². The van der Waals surface area contributed by atoms with Crippen LogP contribution >= 0.6 is 24.0 Å². The van der Waals surface area contributed by atoms with Crippen molar-refractivity contribution in [3.63, 3.8) is 0 Å². The van der Waals surface area contributed by atoms with Crippen LogP contribution in [0, 0.1) is 11.6 Å². The van der Waals surface area contributed by atoms with Crippen LogP contribution in [0.1, 0.15) is 17.5 Å². The Labute approximate surface area is 179 Å². The highest BCUT2D eigenvalue weighted by molar-refractivity contribution is 14.0. The summed E-state index contributed by atoms with van der Waals surface area (Å²) in [4.78, 5) is 3.44. The van der Waals surface area contributed by atoms with Crippen molar-refractivity contribution in [1.29, 1.82) is 0 Å². The van der Waals surface area contributed by atoms with E-state index in [2.05, 4.69) is 21.1 Å². The van der Waals surface area contributed by atoms with Crippen molar-refractivity contribution < 1.29 is 17.2 Å². The number of aliphatic imine (C=N–C) groups is 1. The predicted molar refractivity (Wildman–Crippen MR) is 116 cm³/mol. The average molecular weight is 522 g/mol. The van der Waals surface area contributed by atoms with Crippen LogP contribution in [0.25, 0.3) is 0 Å². The number of nitrogens with one attached hydrogen (secondary N) is 2. The first-order valence-corrected chi connectivity index (χ1v) is 9.97. The van der Waals surface area contributed by atoms with E-state index in [1.54, 1.807) is 0 Å². The van der Waals surface area contributed by atoms with Gasteiger partial charge in [0.2, 0.25) is 10.0 Å². The lowest BCUT2D eigenvalue weighted by atomic mass is 10.1. The normalized spacial score (nSPS) is 13.7. The van der Waals surface area contributed by atoms with Gasteiger partial charge in [0.15, 0.2) is 5.96 Å². The Kier molecular flexibility index (Phi) is 7.72. The highest BCUT2D eigenvalue weighted by atomic mass is 127. The van der Waals surface area contributed by atoms with E-state index in [-0.39, 0.29) is 43.0 Å². The van der Waals surface area contributed by atoms with Gasteiger partial charge >= 0.3 is 0 Å². The second-order valence-electron chi connectivity index (χ2n) is 6.20. The molecule has 28 heavy (non-hydrogen) atoms. The third kappa shape index (κ3) is 5.61. The van der Waals surface area contributed by atoms with E-state index in [1.165, 1.54) is 11.1 Å². The summed E-state index contributed by atoms with van der Waals surface area (Å²) in [6, 6.07) is 8.29. The summed E-state index contributed by atoms with van der Waals surface area (Å²) in [6.07, 6.45) is 3.29. The molecule has 0 aromatic heterocycles. The number of nitrogens with zero attached hydrogens (tertiary/aromatic N) is 1. The summed E-state index contributed by atoms with van der Waals surface area (Å²) in [6.45, 7) is -0.0163. The molecule has 0 amide bonds. The number of halogens is 3. The zero-order valence-electron chi connectivity index (χ0n) is 14.9. The Balaban J connectivity index is 0.00000280. The van der Waals surface area contributed by atoms with Crippen molar-refractivity contribution in [2.45, 2.75) is 24.2 Å². The van der Waals surface area contributed by atoms with Crippen molar-refractivity contribution in [2.75, 3.05) is 18.4 Å². The zero-order valence-corrected chi connectivity index (χ0v) is 18.1. The fourth-order valence-corrected chi connectivity index (χ4v) is 4.04. The number of benzene rings is 2. The Hall–Kier alpha value is -1.79. The molecule has 0 spiro atoms. The van der Waals surface area contributed by atoms with Gasteiger partial charge in [-0.15, -0.1) is 24.0 Å². The van der Waals surface area contributed by atoms with E-state index in [9.17, 15) is 17.2 Å². The summed E-state index contributed by atoms with van der Waals surface area (Å²) >= 11 is 0. The number of fused-ring (bicyclic) bond motifs is 1. The van der Waals surface area contributed by atoms with E-state index >= 15 is 0 Å². The molecule has 0 saturated heterocycles. The molecule has 6 nitrogen and oxygen atoms in total. The fourth-order valence-electron chi connectivity index (χ4n) is 2.96. The van der Waals surface area contributed by atoms with E-state index in [0.29, 0.717) is 6.07 Å². The van der Waals surface area contributed by atoms with Crippen molar-refractivity contribution in [3.05, 3.63) is 59.2 Å². The molecule has 4 N–H and O–H groups in total. The molecule has 0 bridgehead atoms. The molecule has 0 atom stereocenters. The molecular formula is C18H21F2IN4O2S. The van der Waals surface area contributed by atoms with Crippen LogP contribution in [-0.4, -0.2) is 27.5 Å². The minimum Gasteiger partial charge on any atom is -0.370 e. The van der Waals surface area contributed by atoms with Crippen molar-refractivity contribution in [2.24, 2.45) is 10.7 Å². The molecule has 1 aliphatic rings. The molecule has 0 saturated carbocycles. The van der Waals surface area contributed by atoms with Gasteiger partial charge in [-0.3, -0.25) is 4.99 Å². The Morgan fingerprint density at radius 1 is 1.11 bits per heavy atom. The maximum Gasteiger partial charge on any atom is 0.243 e. The molecule has 0 unspecified atom stereocenters. The van der Waals surface area contributed by atoms with E-state index in [1.807, 2.05) is 12.1 Å². The first kappa shape index (κ1) is 22.5. The highest BCUT2D eigenvalue weighted by Gasteiger charge is 2.18. The van der Waals surface area contributed by atoms with Crippen LogP contribution in [0.3, 0.4) is 0 Å². The molecule has 0 heterocycles. The monoisotopic (exact) mass is 522 g/mol. The lowest BCUT2D eigenvalue weighted by Gasteiger charge is -2.09. The van der Waals surface area contributed by atoms with Gasteiger partial charge in [-0.25, -0.2) is 21.9 Å². The number of guanidine groups is 1. The highest BCUT2D eigenvalue weighted by Crippen LogP contribution is 2.24. The Bertz CT molecular complexity index is 984. The quantitative estimate of drug-likeness (QED) is 0.235. The predicted octanol–water partition coefficient (Wildman–Crippen LogP) is 2.78. The van der Waals surface area contributed by atoms with Crippen LogP contribution in [0.4, 0.5) is 14.5 Å². The molecule has 3 rings (SSSR count). The molecule has 2 aromatic rings. The largest absolute Gasteiger partial charge is 0.370 e. The van der Waals surface area contributed by atoms with Gasteiger partial charge in [0, 0.05) is 18.3 Å². The molecule has 0 aliphatic heterocycles. The standard InChI is InChI=1S/C18H20F2N4O2S.HI/c19-14-5-7-17(16(20)11-14)27(25,26)23-9-8-22-18(21)24-15-6-4-12-2-1-3-13(12)10-15;/h4-7,10-11,23H,1-3,8-9H2,(H3,21,22,24);1H. The molecule has 0 fully saturated rings. The number of anilines is 1. The fraction of sp³-hybridized carbons (Fsp3) is 0.278. The maximum absolute atomic E-state index is 13.6. The third-order valence-electron chi connectivity index (χ3n) is 4.24. The van der Waals surface area contributed by atoms with Gasteiger partial charge in [0.1, 0.15) is 16.5 Å². The second-order valence-corrected chi connectivity index (χ2v) is 7.94. The number of rotatable bonds is 6. The molecule has 2 aromatic carbocycles. The molecule has 152 valence electrons. The lowest BCUT2D eigenvalue weighted by Crippen LogP contribution is -2.29. The van der Waals surface area contributed by atoms with Crippen LogP contribution in [0.2, 0.25) is 0 Å². The maximum atomic E-state index is 13.6. The average Bonchev–Trinajstić information content (AvgIpc) is 3.06. The Morgan fingerprint density at radius 2 is 1.86 bits per heavy atom. The topological polar surface area (TPSA) is 96.6 Å². The summed E-state index contributed by atoms with van der Waals surface area (Å²) < 4.78 is 52.8. The SMILES string of the molecule is I.NC(=NCCNS(=O)(=O)c1ccc(F)cc1F)Nc1ccc2c(c1)CCC2. The number of aryl methyl sites for hydroxylation is 2. The first-order valence-electron chi connectivity index (χ1n) is 8.48. The van der Waals surface area contributed by atoms with Crippen LogP contribution in [0.15, 0.2) is 46.3 Å². The molecule has 1 aliphatic carbocycles. The summed E-state index contributed by atoms with van der Waals surface area (Å²) in [5, 5.41) is 2.97. The minimum atomic E-state index is -4.09. The van der Waals surface area contributed by atoms with Crippen LogP contribution in [0.5, 0.6) is 0 Å². The van der Waals surface area contributed by atoms with Gasteiger partial charge in [-0.2, -0.15) is 0 Å². The van der Waals surface area contributed by atoms with Crippen molar-refractivity contribution in [3.8, 4) is 0 Å². The molecular weight excluding hydrogens is 501 g/mol. The molecule has 10 heteroatoms. The number of hydrogen-bond donors (Lipinski definition) is 3. The molecule has 0 radical (unpaired) electrons. The minimum absolute atomic E-state index is 0. The summed E-state index contributed by atoms with van der Waals surface area (Å²) in [7, 11) is -4.09. The van der Waals surface area contributed by atoms with Gasteiger partial charge in [-0.1, -0.05) is 6.07 Å². The number of hydrogen-bond acceptors (Lipinski definition) is 3. The summed E-state index contributed by atoms with van der Waals surface area (Å²) in [5.41, 5.74) is 9.28. The van der Waals surface area contributed by atoms with Gasteiger partial charge in [0.25, 0.3) is 0 Å². The lowest BCUT2D eigenvalue weighted by molar-refractivity contribution is 0.543. The number of sulfonamides is 1. The van der Waals surface area contributed by atoms with Crippen LogP contribution in [-0.2, 0) is 22.9 Å². The third-order valence-corrected chi connectivity index (χ3v) is 5.73. The van der Waals surface area contributed by atoms with Gasteiger partial charge in [-0.05, 0) is 54.7 Å². The van der Waals surface area contributed by atoms with E-state index < -0.39 is 26.6 Å². The Morgan fingerprint density at radius 3 is 2.61 bits per heavy atom. The second kappa shape index (κ2) is 9.61. The summed E-state index contributed by atoms with van der Waals surface area (Å²) in [5.74, 6) is -1.84. The van der Waals surface area contributed by atoms with Crippen LogP contribution < -0.4 is 15.8 Å².